The van der Waals surface area contributed by atoms with Gasteiger partial charge in [-0.1, -0.05) is 202 Å². The number of anilines is 4. The average Bonchev–Trinajstić information content (AvgIpc) is 1.08. The molecule has 0 saturated heterocycles. The van der Waals surface area contributed by atoms with E-state index < -0.39 is 129 Å². The van der Waals surface area contributed by atoms with Crippen molar-refractivity contribution in [3.05, 3.63) is 240 Å². The molecule has 11 aromatic rings. The predicted octanol–water partition coefficient (Wildman–Crippen LogP) is 20.8. The largest absolute Gasteiger partial charge is 0.457 e. The lowest BCUT2D eigenvalue weighted by atomic mass is 9.63. The molecule has 0 radical (unpaired) electrons. The van der Waals surface area contributed by atoms with Gasteiger partial charge < -0.3 is 14.5 Å². The van der Waals surface area contributed by atoms with E-state index in [1.54, 1.807) is 53.1 Å². The van der Waals surface area contributed by atoms with Crippen molar-refractivity contribution in [2.24, 2.45) is 0 Å². The predicted molar refractivity (Wildman–Crippen MR) is 342 cm³/mol. The van der Waals surface area contributed by atoms with Crippen molar-refractivity contribution >= 4 is 44.6 Å². The van der Waals surface area contributed by atoms with Gasteiger partial charge in [-0.15, -0.1) is 0 Å². The summed E-state index contributed by atoms with van der Waals surface area (Å²) in [6.45, 7) is 19.7. The smallest absolute Gasteiger partial charge is 0.137 e. The van der Waals surface area contributed by atoms with Gasteiger partial charge in [-0.25, -0.2) is 4.98 Å². The molecule has 1 aliphatic heterocycles. The molecule has 0 saturated carbocycles. The third-order valence-electron chi connectivity index (χ3n) is 15.9. The van der Waals surface area contributed by atoms with Crippen molar-refractivity contribution in [2.45, 2.75) is 104 Å². The van der Waals surface area contributed by atoms with Crippen molar-refractivity contribution in [1.82, 2.24) is 9.55 Å². The van der Waals surface area contributed by atoms with Crippen molar-refractivity contribution in [1.29, 1.82) is 0 Å². The SMILES string of the molecule is [2H]c1c([2H])c([2H])c(-c2cnc(-n3c4cc(Oc5cccc(N6CN(c7c(-c8c([2H])c([2H])c([2H])c(-c9c([2H])c([2H])c([2H])c([2H])c9[2H])c8[2H])cc(C(C)(C)C)cc7-c7c([2H])c([2H])c8c(c7[2H])C(C)(C)CCC8(C)C)c7ccccc76)c5)ccc4c4c([2H])c([2H])c([2H])c([2H])c43)cc2C(C)(C)C)c([2H])c1[2H]. The van der Waals surface area contributed by atoms with Crippen LogP contribution in [0.1, 0.15) is 133 Å². The normalized spacial score (nSPS) is 18.4. The molecule has 1 aliphatic carbocycles. The van der Waals surface area contributed by atoms with Crippen molar-refractivity contribution < 1.29 is 33.5 Å². The fourth-order valence-corrected chi connectivity index (χ4v) is 11.4. The molecule has 13 rings (SSSR count). The molecule has 5 heteroatoms. The van der Waals surface area contributed by atoms with Gasteiger partial charge >= 0.3 is 0 Å². The zero-order chi connectivity index (χ0) is 74.3. The summed E-state index contributed by atoms with van der Waals surface area (Å²) in [6.07, 6.45) is 2.80. The van der Waals surface area contributed by atoms with Crippen LogP contribution < -0.4 is 14.5 Å². The Morgan fingerprint density at radius 1 is 0.494 bits per heavy atom. The molecule has 3 heterocycles. The van der Waals surface area contributed by atoms with Gasteiger partial charge in [0, 0.05) is 51.5 Å². The molecule has 81 heavy (non-hydrogen) atoms. The molecule has 402 valence electrons. The summed E-state index contributed by atoms with van der Waals surface area (Å²) in [4.78, 5) is 8.77. The van der Waals surface area contributed by atoms with Crippen LogP contribution in [-0.2, 0) is 21.7 Å². The molecule has 0 amide bonds. The highest BCUT2D eigenvalue weighted by atomic mass is 16.5. The van der Waals surface area contributed by atoms with Crippen LogP contribution in [0, 0.1) is 0 Å². The highest BCUT2D eigenvalue weighted by Crippen LogP contribution is 2.54. The van der Waals surface area contributed by atoms with E-state index in [0.717, 1.165) is 0 Å². The summed E-state index contributed by atoms with van der Waals surface area (Å²) in [5.41, 5.74) is 1.76. The highest BCUT2D eigenvalue weighted by molar-refractivity contribution is 6.09. The molecule has 0 unspecified atom stereocenters. The minimum absolute atomic E-state index is 0.0213. The van der Waals surface area contributed by atoms with E-state index in [1.165, 1.54) is 6.20 Å². The van der Waals surface area contributed by atoms with Gasteiger partial charge in [0.25, 0.3) is 0 Å². The van der Waals surface area contributed by atoms with Gasteiger partial charge in [0.2, 0.25) is 0 Å². The molecule has 0 spiro atoms. The third kappa shape index (κ3) is 9.37. The first-order chi connectivity index (χ1) is 47.6. The second-order valence-corrected chi connectivity index (χ2v) is 24.3. The zero-order valence-electron chi connectivity index (χ0n) is 68.0. The van der Waals surface area contributed by atoms with Gasteiger partial charge in [0.05, 0.1) is 56.9 Å². The molecule has 2 aliphatic rings. The Morgan fingerprint density at radius 2 is 1.12 bits per heavy atom. The number of benzene rings is 9. The highest BCUT2D eigenvalue weighted by Gasteiger charge is 2.38. The van der Waals surface area contributed by atoms with Crippen molar-refractivity contribution in [3.63, 3.8) is 0 Å². The molecule has 2 aromatic heterocycles. The summed E-state index contributed by atoms with van der Waals surface area (Å²) >= 11 is 0. The Morgan fingerprint density at radius 3 is 1.84 bits per heavy atom. The number of ether oxygens (including phenoxy) is 1. The lowest BCUT2D eigenvalue weighted by Crippen LogP contribution is -2.33. The van der Waals surface area contributed by atoms with Crippen LogP contribution in [0.5, 0.6) is 11.5 Å². The Balaban J connectivity index is 1.01. The standard InChI is InChI=1S/C76H72N4O/c1-73(2,3)55-43-61(53-28-21-27-52(41-53)50-23-13-11-14-24-50)72(62(44-55)54-35-38-64-66(42-54)76(9,10)40-39-75(64,7)8)79-49-78(68-33-19-20-34-69(68)79)56-29-22-30-57(45-56)81-58-36-37-60-59-31-17-18-32-67(59)80(70(60)46-58)71-47-65(74(4,5)6)63(48-77-71)51-25-15-12-16-26-51/h11-38,41-48H,39-40,49H2,1-10H3/i11D,12D,13D,14D,15D,16D,17D,18D,21D,23D,24D,25D,26D,27D,28D,31D,32D,35D,38D,41D,42D. The number of aromatic nitrogens is 2. The summed E-state index contributed by atoms with van der Waals surface area (Å²) in [5, 5.41) is 0.634. The molecular weight excluding hydrogens is 985 g/mol. The Kier molecular flexibility index (Phi) is 8.01. The fourth-order valence-electron chi connectivity index (χ4n) is 11.4. The van der Waals surface area contributed by atoms with E-state index in [-0.39, 0.29) is 98.4 Å². The first-order valence-electron chi connectivity index (χ1n) is 37.7. The van der Waals surface area contributed by atoms with Gasteiger partial charge in [0.1, 0.15) is 24.0 Å². The number of para-hydroxylation sites is 3. The van der Waals surface area contributed by atoms with Crippen LogP contribution in [-0.4, -0.2) is 16.2 Å². The van der Waals surface area contributed by atoms with E-state index in [2.05, 4.69) is 0 Å². The van der Waals surface area contributed by atoms with Gasteiger partial charge in [0.15, 0.2) is 0 Å². The van der Waals surface area contributed by atoms with E-state index in [0.29, 0.717) is 68.8 Å². The molecule has 0 N–H and O–H groups in total. The lowest BCUT2D eigenvalue weighted by Gasteiger charge is -2.42. The Bertz CT molecular complexity index is 5440. The summed E-state index contributed by atoms with van der Waals surface area (Å²) in [5.74, 6) is 0.812. The Labute approximate surface area is 508 Å². The molecule has 0 atom stereocenters. The number of fused-ring (bicyclic) bond motifs is 5. The van der Waals surface area contributed by atoms with Crippen LogP contribution in [0.4, 0.5) is 22.7 Å². The zero-order valence-corrected chi connectivity index (χ0v) is 47.0. The van der Waals surface area contributed by atoms with E-state index in [4.69, 9.17) is 26.2 Å². The maximum absolute atomic E-state index is 10.5. The van der Waals surface area contributed by atoms with Crippen molar-refractivity contribution in [2.75, 3.05) is 16.5 Å². The monoisotopic (exact) mass is 1080 g/mol. The summed E-state index contributed by atoms with van der Waals surface area (Å²) in [6, 6.07) is 14.7. The first-order valence-corrected chi connectivity index (χ1v) is 27.2. The second kappa shape index (κ2) is 19.6. The van der Waals surface area contributed by atoms with Crippen LogP contribution >= 0.6 is 0 Å². The average molecular weight is 1080 g/mol. The van der Waals surface area contributed by atoms with E-state index in [1.807, 2.05) is 115 Å². The Hall–Kier alpha value is -8.67. The van der Waals surface area contributed by atoms with E-state index in [9.17, 15) is 12.3 Å². The van der Waals surface area contributed by atoms with Crippen LogP contribution in [0.2, 0.25) is 0 Å². The van der Waals surface area contributed by atoms with Crippen LogP contribution in [0.15, 0.2) is 218 Å². The molecule has 0 bridgehead atoms. The summed E-state index contributed by atoms with van der Waals surface area (Å²) < 4.78 is 201. The quantitative estimate of drug-likeness (QED) is 0.144. The maximum atomic E-state index is 10.5. The van der Waals surface area contributed by atoms with Gasteiger partial charge in [-0.3, -0.25) is 4.57 Å². The van der Waals surface area contributed by atoms with Crippen molar-refractivity contribution in [3.8, 4) is 61.8 Å². The molecule has 9 aromatic carbocycles. The van der Waals surface area contributed by atoms with Gasteiger partial charge in [-0.2, -0.15) is 0 Å². The minimum atomic E-state index is -0.746. The minimum Gasteiger partial charge on any atom is -0.457 e. The number of nitrogens with zero attached hydrogens (tertiary/aromatic N) is 4. The first kappa shape index (κ1) is 33.2. The third-order valence-corrected chi connectivity index (χ3v) is 15.9. The van der Waals surface area contributed by atoms with Crippen LogP contribution in [0.25, 0.3) is 72.1 Å². The van der Waals surface area contributed by atoms with Gasteiger partial charge in [-0.05, 0) is 151 Å². The summed E-state index contributed by atoms with van der Waals surface area (Å²) in [7, 11) is 0. The van der Waals surface area contributed by atoms with Crippen LogP contribution in [0.3, 0.4) is 0 Å². The fraction of sp³-hybridized carbons (Fsp3) is 0.224. The molecule has 5 nitrogen and oxygen atoms in total. The molecule has 0 fully saturated rings. The van der Waals surface area contributed by atoms with E-state index >= 15 is 0 Å². The number of pyridine rings is 1. The maximum Gasteiger partial charge on any atom is 0.137 e. The number of hydrogen-bond donors (Lipinski definition) is 0. The second-order valence-electron chi connectivity index (χ2n) is 24.3. The lowest BCUT2D eigenvalue weighted by molar-refractivity contribution is 0.332. The topological polar surface area (TPSA) is 33.5 Å². The molecular formula is C76H72N4O. The number of hydrogen-bond acceptors (Lipinski definition) is 4. The number of rotatable bonds is 9.